The number of hydrogen-bond acceptors (Lipinski definition) is 5. The predicted molar refractivity (Wildman–Crippen MR) is 84.0 cm³/mol. The first-order valence-electron chi connectivity index (χ1n) is 6.60. The van der Waals surface area contributed by atoms with Crippen LogP contribution in [0.3, 0.4) is 0 Å². The molecule has 0 bridgehead atoms. The van der Waals surface area contributed by atoms with Crippen molar-refractivity contribution in [3.63, 3.8) is 0 Å². The first-order chi connectivity index (χ1) is 10.3. The quantitative estimate of drug-likeness (QED) is 0.624. The van der Waals surface area contributed by atoms with Gasteiger partial charge >= 0.3 is 11.6 Å². The molecule has 0 spiro atoms. The minimum atomic E-state index is -0.838. The second-order valence-corrected chi connectivity index (χ2v) is 5.40. The van der Waals surface area contributed by atoms with E-state index in [1.54, 1.807) is 26.8 Å². The highest BCUT2D eigenvalue weighted by Gasteiger charge is 2.19. The maximum atomic E-state index is 11.6. The lowest BCUT2D eigenvalue weighted by molar-refractivity contribution is -0.150. The fraction of sp³-hybridized carbons (Fsp3) is 0.333. The van der Waals surface area contributed by atoms with Crippen molar-refractivity contribution >= 4 is 40.1 Å². The van der Waals surface area contributed by atoms with Crippen LogP contribution in [0.15, 0.2) is 21.3 Å². The van der Waals surface area contributed by atoms with E-state index < -0.39 is 17.7 Å². The van der Waals surface area contributed by atoms with E-state index in [-0.39, 0.29) is 28.0 Å². The first kappa shape index (κ1) is 16.6. The van der Waals surface area contributed by atoms with Gasteiger partial charge in [-0.1, -0.05) is 23.2 Å². The second kappa shape index (κ2) is 6.58. The van der Waals surface area contributed by atoms with Gasteiger partial charge in [0.1, 0.15) is 16.4 Å². The van der Waals surface area contributed by atoms with Gasteiger partial charge in [-0.3, -0.25) is 0 Å². The molecule has 0 saturated heterocycles. The van der Waals surface area contributed by atoms with Crippen LogP contribution < -0.4 is 10.4 Å². The Morgan fingerprint density at radius 1 is 1.36 bits per heavy atom. The SMILES string of the molecule is CCOC(=O)[C@@H](C)Oc1cc2oc(=O)c(Cl)c(C)c2cc1Cl. The van der Waals surface area contributed by atoms with E-state index in [0.717, 1.165) is 0 Å². The van der Waals surface area contributed by atoms with Crippen molar-refractivity contribution in [2.75, 3.05) is 6.61 Å². The highest BCUT2D eigenvalue weighted by atomic mass is 35.5. The van der Waals surface area contributed by atoms with Crippen LogP contribution in [0.2, 0.25) is 10.0 Å². The molecule has 1 atom stereocenters. The van der Waals surface area contributed by atoms with Gasteiger partial charge in [-0.25, -0.2) is 9.59 Å². The summed E-state index contributed by atoms with van der Waals surface area (Å²) in [7, 11) is 0. The van der Waals surface area contributed by atoms with E-state index in [2.05, 4.69) is 0 Å². The first-order valence-corrected chi connectivity index (χ1v) is 7.36. The average molecular weight is 345 g/mol. The molecule has 5 nitrogen and oxygen atoms in total. The Morgan fingerprint density at radius 3 is 2.68 bits per heavy atom. The highest BCUT2D eigenvalue weighted by Crippen LogP contribution is 2.33. The molecule has 0 amide bonds. The molecule has 0 aliphatic heterocycles. The third kappa shape index (κ3) is 3.20. The van der Waals surface area contributed by atoms with Crippen molar-refractivity contribution in [1.29, 1.82) is 0 Å². The van der Waals surface area contributed by atoms with E-state index in [0.29, 0.717) is 10.9 Å². The summed E-state index contributed by atoms with van der Waals surface area (Å²) in [5.41, 5.74) is 0.209. The summed E-state index contributed by atoms with van der Waals surface area (Å²) < 4.78 is 15.5. The molecule has 118 valence electrons. The third-order valence-corrected chi connectivity index (χ3v) is 3.80. The predicted octanol–water partition coefficient (Wildman–Crippen LogP) is 3.74. The lowest BCUT2D eigenvalue weighted by Gasteiger charge is -2.15. The zero-order valence-corrected chi connectivity index (χ0v) is 13.7. The summed E-state index contributed by atoms with van der Waals surface area (Å²) in [6.45, 7) is 5.20. The number of hydrogen-bond donors (Lipinski definition) is 0. The van der Waals surface area contributed by atoms with Gasteiger partial charge in [0.2, 0.25) is 0 Å². The summed E-state index contributed by atoms with van der Waals surface area (Å²) in [6, 6.07) is 3.03. The van der Waals surface area contributed by atoms with Gasteiger partial charge in [0.15, 0.2) is 6.10 Å². The van der Waals surface area contributed by atoms with E-state index >= 15 is 0 Å². The molecule has 1 aromatic carbocycles. The number of carbonyl (C=O) groups is 1. The Labute approximate surface area is 136 Å². The summed E-state index contributed by atoms with van der Waals surface area (Å²) in [4.78, 5) is 23.2. The average Bonchev–Trinajstić information content (AvgIpc) is 2.47. The smallest absolute Gasteiger partial charge is 0.355 e. The normalized spacial score (nSPS) is 12.2. The minimum absolute atomic E-state index is 0.0112. The van der Waals surface area contributed by atoms with Crippen LogP contribution in [-0.4, -0.2) is 18.7 Å². The van der Waals surface area contributed by atoms with Crippen LogP contribution in [0.1, 0.15) is 19.4 Å². The van der Waals surface area contributed by atoms with Crippen molar-refractivity contribution in [1.82, 2.24) is 0 Å². The Bertz CT molecular complexity index is 782. The number of halogens is 2. The number of fused-ring (bicyclic) bond motifs is 1. The van der Waals surface area contributed by atoms with Crippen LogP contribution in [0.5, 0.6) is 5.75 Å². The van der Waals surface area contributed by atoms with Gasteiger partial charge in [-0.2, -0.15) is 0 Å². The zero-order valence-electron chi connectivity index (χ0n) is 12.2. The van der Waals surface area contributed by atoms with Crippen LogP contribution in [-0.2, 0) is 9.53 Å². The molecule has 22 heavy (non-hydrogen) atoms. The van der Waals surface area contributed by atoms with Gasteiger partial charge in [-0.15, -0.1) is 0 Å². The van der Waals surface area contributed by atoms with Crippen LogP contribution in [0.25, 0.3) is 11.0 Å². The van der Waals surface area contributed by atoms with Crippen LogP contribution >= 0.6 is 23.2 Å². The van der Waals surface area contributed by atoms with Gasteiger partial charge in [0.05, 0.1) is 11.6 Å². The van der Waals surface area contributed by atoms with Gasteiger partial charge < -0.3 is 13.9 Å². The van der Waals surface area contributed by atoms with Crippen LogP contribution in [0.4, 0.5) is 0 Å². The van der Waals surface area contributed by atoms with E-state index in [9.17, 15) is 9.59 Å². The molecular formula is C15H14Cl2O5. The molecule has 2 aromatic rings. The molecule has 0 radical (unpaired) electrons. The largest absolute Gasteiger partial charge is 0.477 e. The van der Waals surface area contributed by atoms with Gasteiger partial charge in [0, 0.05) is 11.5 Å². The number of esters is 1. The zero-order chi connectivity index (χ0) is 16.4. The van der Waals surface area contributed by atoms with Crippen molar-refractivity contribution in [2.24, 2.45) is 0 Å². The van der Waals surface area contributed by atoms with Crippen LogP contribution in [0, 0.1) is 6.92 Å². The fourth-order valence-corrected chi connectivity index (χ4v) is 2.27. The minimum Gasteiger partial charge on any atom is -0.477 e. The standard InChI is InChI=1S/C15H14Cl2O5/c1-4-20-14(18)8(3)21-12-6-11-9(5-10(12)16)7(2)13(17)15(19)22-11/h5-6,8H,4H2,1-3H3/t8-/m1/s1. The Balaban J connectivity index is 2.44. The van der Waals surface area contributed by atoms with Gasteiger partial charge in [0.25, 0.3) is 0 Å². The monoisotopic (exact) mass is 344 g/mol. The Hall–Kier alpha value is -1.72. The highest BCUT2D eigenvalue weighted by molar-refractivity contribution is 6.34. The molecule has 0 aliphatic rings. The molecule has 7 heteroatoms. The second-order valence-electron chi connectivity index (χ2n) is 4.62. The Morgan fingerprint density at radius 2 is 2.05 bits per heavy atom. The number of rotatable bonds is 4. The molecule has 0 N–H and O–H groups in total. The summed E-state index contributed by atoms with van der Waals surface area (Å²) in [6.07, 6.45) is -0.838. The van der Waals surface area contributed by atoms with Crippen molar-refractivity contribution in [3.05, 3.63) is 38.2 Å². The lowest BCUT2D eigenvalue weighted by atomic mass is 10.1. The molecule has 1 heterocycles. The molecule has 0 aliphatic carbocycles. The maximum Gasteiger partial charge on any atom is 0.355 e. The Kier molecular flexibility index (Phi) is 4.98. The summed E-state index contributed by atoms with van der Waals surface area (Å²) in [5.74, 6) is -0.285. The van der Waals surface area contributed by atoms with E-state index in [1.165, 1.54) is 6.07 Å². The van der Waals surface area contributed by atoms with Crippen molar-refractivity contribution < 1.29 is 18.7 Å². The number of ether oxygens (including phenoxy) is 2. The van der Waals surface area contributed by atoms with Crippen molar-refractivity contribution in [2.45, 2.75) is 26.9 Å². The summed E-state index contributed by atoms with van der Waals surface area (Å²) in [5, 5.41) is 0.888. The third-order valence-electron chi connectivity index (χ3n) is 3.07. The summed E-state index contributed by atoms with van der Waals surface area (Å²) >= 11 is 12.0. The molecule has 0 fully saturated rings. The van der Waals surface area contributed by atoms with Gasteiger partial charge in [-0.05, 0) is 32.4 Å². The fourth-order valence-electron chi connectivity index (χ4n) is 1.92. The molecule has 1 aromatic heterocycles. The van der Waals surface area contributed by atoms with Crippen molar-refractivity contribution in [3.8, 4) is 5.75 Å². The van der Waals surface area contributed by atoms with E-state index in [4.69, 9.17) is 37.1 Å². The molecule has 0 unspecified atom stereocenters. The molecule has 0 saturated carbocycles. The number of carbonyl (C=O) groups excluding carboxylic acids is 1. The maximum absolute atomic E-state index is 11.6. The lowest BCUT2D eigenvalue weighted by Crippen LogP contribution is -2.26. The van der Waals surface area contributed by atoms with E-state index in [1.807, 2.05) is 0 Å². The number of benzene rings is 1. The molecular weight excluding hydrogens is 331 g/mol. The number of aryl methyl sites for hydroxylation is 1. The topological polar surface area (TPSA) is 65.7 Å². The molecule has 2 rings (SSSR count).